The van der Waals surface area contributed by atoms with Gasteiger partial charge in [-0.1, -0.05) is 6.92 Å². The average Bonchev–Trinajstić information content (AvgIpc) is 2.49. The summed E-state index contributed by atoms with van der Waals surface area (Å²) in [5, 5.41) is 11.7. The Balaban J connectivity index is 1.99. The number of nitrogens with one attached hydrogen (secondary N) is 1. The highest BCUT2D eigenvalue weighted by Gasteiger charge is 2.30. The standard InChI is InChI=1S/C17H23N3O/c1-12-4-5-13(2)20(11-12)14(3)17(21)19-16-8-6-15(10-18)7-9-16/h6-9,12-14H,4-5,11H2,1-3H3,(H,19,21). The van der Waals surface area contributed by atoms with Gasteiger partial charge < -0.3 is 5.32 Å². The van der Waals surface area contributed by atoms with Crippen LogP contribution in [0.25, 0.3) is 0 Å². The molecule has 0 radical (unpaired) electrons. The lowest BCUT2D eigenvalue weighted by atomic mass is 9.93. The molecule has 1 aromatic carbocycles. The van der Waals surface area contributed by atoms with Gasteiger partial charge in [0.2, 0.25) is 5.91 Å². The zero-order chi connectivity index (χ0) is 15.4. The molecule has 21 heavy (non-hydrogen) atoms. The van der Waals surface area contributed by atoms with E-state index in [2.05, 4.69) is 30.1 Å². The smallest absolute Gasteiger partial charge is 0.241 e. The normalized spacial score (nSPS) is 24.1. The number of nitriles is 1. The third-order valence-electron chi connectivity index (χ3n) is 4.32. The second-order valence-corrected chi connectivity index (χ2v) is 6.08. The van der Waals surface area contributed by atoms with E-state index in [1.54, 1.807) is 24.3 Å². The summed E-state index contributed by atoms with van der Waals surface area (Å²) in [6, 6.07) is 9.35. The quantitative estimate of drug-likeness (QED) is 0.928. The van der Waals surface area contributed by atoms with Gasteiger partial charge in [0.1, 0.15) is 0 Å². The first-order chi connectivity index (χ1) is 10.0. The number of carbonyl (C=O) groups excluding carboxylic acids is 1. The number of nitrogens with zero attached hydrogens (tertiary/aromatic N) is 2. The molecule has 1 fully saturated rings. The van der Waals surface area contributed by atoms with Crippen molar-refractivity contribution >= 4 is 11.6 Å². The Morgan fingerprint density at radius 3 is 2.62 bits per heavy atom. The molecule has 4 nitrogen and oxygen atoms in total. The van der Waals surface area contributed by atoms with Crippen LogP contribution in [0, 0.1) is 17.2 Å². The van der Waals surface area contributed by atoms with Crippen LogP contribution in [-0.4, -0.2) is 29.4 Å². The van der Waals surface area contributed by atoms with E-state index in [-0.39, 0.29) is 11.9 Å². The lowest BCUT2D eigenvalue weighted by Gasteiger charge is -2.40. The van der Waals surface area contributed by atoms with Crippen LogP contribution in [0.4, 0.5) is 5.69 Å². The van der Waals surface area contributed by atoms with Crippen LogP contribution in [0.3, 0.4) is 0 Å². The van der Waals surface area contributed by atoms with Crippen molar-refractivity contribution in [1.29, 1.82) is 5.26 Å². The van der Waals surface area contributed by atoms with Crippen molar-refractivity contribution in [3.05, 3.63) is 29.8 Å². The first kappa shape index (κ1) is 15.5. The van der Waals surface area contributed by atoms with Gasteiger partial charge in [-0.05, 0) is 56.9 Å². The molecule has 1 amide bonds. The Morgan fingerprint density at radius 1 is 1.33 bits per heavy atom. The molecule has 112 valence electrons. The topological polar surface area (TPSA) is 56.1 Å². The highest BCUT2D eigenvalue weighted by atomic mass is 16.2. The first-order valence-corrected chi connectivity index (χ1v) is 7.58. The van der Waals surface area contributed by atoms with Gasteiger partial charge in [0, 0.05) is 18.3 Å². The molecule has 2 rings (SSSR count). The minimum Gasteiger partial charge on any atom is -0.325 e. The highest BCUT2D eigenvalue weighted by Crippen LogP contribution is 2.24. The number of carbonyl (C=O) groups is 1. The van der Waals surface area contributed by atoms with E-state index in [4.69, 9.17) is 5.26 Å². The molecular weight excluding hydrogens is 262 g/mol. The molecule has 1 aliphatic rings. The fourth-order valence-electron chi connectivity index (χ4n) is 2.89. The molecule has 3 unspecified atom stereocenters. The lowest BCUT2D eigenvalue weighted by molar-refractivity contribution is -0.122. The molecule has 3 atom stereocenters. The Morgan fingerprint density at radius 2 is 2.00 bits per heavy atom. The van der Waals surface area contributed by atoms with E-state index >= 15 is 0 Å². The molecule has 4 heteroatoms. The molecule has 0 aliphatic carbocycles. The molecule has 0 aromatic heterocycles. The van der Waals surface area contributed by atoms with Gasteiger partial charge in [0.15, 0.2) is 0 Å². The van der Waals surface area contributed by atoms with Gasteiger partial charge in [0.25, 0.3) is 0 Å². The summed E-state index contributed by atoms with van der Waals surface area (Å²) >= 11 is 0. The number of likely N-dealkylation sites (tertiary alicyclic amines) is 1. The summed E-state index contributed by atoms with van der Waals surface area (Å²) in [6.07, 6.45) is 2.39. The Kier molecular flexibility index (Phi) is 4.98. The molecule has 0 spiro atoms. The summed E-state index contributed by atoms with van der Waals surface area (Å²) in [5.41, 5.74) is 1.34. The molecule has 1 heterocycles. The van der Waals surface area contributed by atoms with Gasteiger partial charge in [-0.3, -0.25) is 9.69 Å². The number of benzene rings is 1. The van der Waals surface area contributed by atoms with Crippen molar-refractivity contribution in [2.45, 2.75) is 45.7 Å². The minimum atomic E-state index is -0.140. The average molecular weight is 285 g/mol. The third-order valence-corrected chi connectivity index (χ3v) is 4.32. The van der Waals surface area contributed by atoms with E-state index in [0.717, 1.165) is 18.7 Å². The predicted octanol–water partition coefficient (Wildman–Crippen LogP) is 3.01. The molecular formula is C17H23N3O. The molecule has 1 N–H and O–H groups in total. The van der Waals surface area contributed by atoms with Crippen LogP contribution in [0.5, 0.6) is 0 Å². The van der Waals surface area contributed by atoms with Gasteiger partial charge >= 0.3 is 0 Å². The fourth-order valence-corrected chi connectivity index (χ4v) is 2.89. The monoisotopic (exact) mass is 285 g/mol. The number of amides is 1. The Hall–Kier alpha value is -1.86. The summed E-state index contributed by atoms with van der Waals surface area (Å²) in [7, 11) is 0. The maximum absolute atomic E-state index is 12.4. The molecule has 1 aliphatic heterocycles. The van der Waals surface area contributed by atoms with Crippen LogP contribution in [-0.2, 0) is 4.79 Å². The van der Waals surface area contributed by atoms with Crippen LogP contribution < -0.4 is 5.32 Å². The Bertz CT molecular complexity index is 532. The largest absolute Gasteiger partial charge is 0.325 e. The minimum absolute atomic E-state index is 0.0145. The van der Waals surface area contributed by atoms with Gasteiger partial charge in [-0.2, -0.15) is 5.26 Å². The second-order valence-electron chi connectivity index (χ2n) is 6.08. The molecule has 1 aromatic rings. The second kappa shape index (κ2) is 6.73. The first-order valence-electron chi connectivity index (χ1n) is 7.58. The van der Waals surface area contributed by atoms with E-state index < -0.39 is 0 Å². The van der Waals surface area contributed by atoms with Crippen molar-refractivity contribution in [2.75, 3.05) is 11.9 Å². The van der Waals surface area contributed by atoms with Crippen LogP contribution >= 0.6 is 0 Å². The summed E-state index contributed by atoms with van der Waals surface area (Å²) in [5.74, 6) is 0.659. The van der Waals surface area contributed by atoms with E-state index in [9.17, 15) is 4.79 Å². The van der Waals surface area contributed by atoms with Crippen molar-refractivity contribution in [3.8, 4) is 6.07 Å². The lowest BCUT2D eigenvalue weighted by Crippen LogP contribution is -2.50. The van der Waals surface area contributed by atoms with E-state index in [0.29, 0.717) is 17.5 Å². The third kappa shape index (κ3) is 3.83. The molecule has 1 saturated heterocycles. The molecule has 0 saturated carbocycles. The van der Waals surface area contributed by atoms with E-state index in [1.807, 2.05) is 6.92 Å². The summed E-state index contributed by atoms with van der Waals surface area (Å²) in [4.78, 5) is 14.7. The number of anilines is 1. The zero-order valence-corrected chi connectivity index (χ0v) is 13.0. The van der Waals surface area contributed by atoms with Crippen molar-refractivity contribution in [1.82, 2.24) is 4.90 Å². The number of hydrogen-bond acceptors (Lipinski definition) is 3. The van der Waals surface area contributed by atoms with Crippen molar-refractivity contribution in [2.24, 2.45) is 5.92 Å². The van der Waals surface area contributed by atoms with Gasteiger partial charge in [-0.15, -0.1) is 0 Å². The van der Waals surface area contributed by atoms with Crippen molar-refractivity contribution in [3.63, 3.8) is 0 Å². The number of piperidine rings is 1. The summed E-state index contributed by atoms with van der Waals surface area (Å²) < 4.78 is 0. The fraction of sp³-hybridized carbons (Fsp3) is 0.529. The summed E-state index contributed by atoms with van der Waals surface area (Å²) in [6.45, 7) is 7.37. The SMILES string of the molecule is CC1CCC(C)N(C(C)C(=O)Nc2ccc(C#N)cc2)C1. The van der Waals surface area contributed by atoms with Gasteiger partial charge in [-0.25, -0.2) is 0 Å². The Labute approximate surface area is 126 Å². The van der Waals surface area contributed by atoms with Crippen LogP contribution in [0.1, 0.15) is 39.2 Å². The highest BCUT2D eigenvalue weighted by molar-refractivity contribution is 5.94. The van der Waals surface area contributed by atoms with Crippen LogP contribution in [0.15, 0.2) is 24.3 Å². The maximum atomic E-state index is 12.4. The van der Waals surface area contributed by atoms with Crippen LogP contribution in [0.2, 0.25) is 0 Å². The zero-order valence-electron chi connectivity index (χ0n) is 13.0. The number of rotatable bonds is 3. The van der Waals surface area contributed by atoms with E-state index in [1.165, 1.54) is 6.42 Å². The maximum Gasteiger partial charge on any atom is 0.241 e. The van der Waals surface area contributed by atoms with Gasteiger partial charge in [0.05, 0.1) is 17.7 Å². The van der Waals surface area contributed by atoms with Crippen molar-refractivity contribution < 1.29 is 4.79 Å². The molecule has 0 bridgehead atoms. The predicted molar refractivity (Wildman–Crippen MR) is 83.8 cm³/mol. The number of hydrogen-bond donors (Lipinski definition) is 1.